The standard InChI is InChI=1S/C17H23N2O5P/c1-3-22-25-23-11-13(24-25)10-21-17(20)15(18)8-12-9-19(2)16-7-5-4-6-14(12)16/h4-7,9,13,15H,3,8,10-11,18H2,1-2H3/t13?,15-,25?/m1/s1. The molecule has 3 atom stereocenters. The van der Waals surface area contributed by atoms with Gasteiger partial charge < -0.3 is 28.6 Å². The van der Waals surface area contributed by atoms with E-state index in [0.717, 1.165) is 16.5 Å². The molecule has 2 unspecified atom stereocenters. The van der Waals surface area contributed by atoms with Gasteiger partial charge in [-0.1, -0.05) is 18.2 Å². The van der Waals surface area contributed by atoms with Crippen LogP contribution >= 0.6 is 8.60 Å². The molecule has 3 rings (SSSR count). The molecule has 1 saturated heterocycles. The number of para-hydroxylation sites is 1. The molecule has 1 aliphatic heterocycles. The summed E-state index contributed by atoms with van der Waals surface area (Å²) in [6.45, 7) is 2.87. The second kappa shape index (κ2) is 8.25. The van der Waals surface area contributed by atoms with Crippen molar-refractivity contribution in [3.8, 4) is 0 Å². The molecule has 0 amide bonds. The van der Waals surface area contributed by atoms with Gasteiger partial charge in [0.2, 0.25) is 0 Å². The van der Waals surface area contributed by atoms with Crippen molar-refractivity contribution in [3.05, 3.63) is 36.0 Å². The van der Waals surface area contributed by atoms with Crippen LogP contribution in [-0.2, 0) is 36.6 Å². The van der Waals surface area contributed by atoms with Crippen LogP contribution in [0.5, 0.6) is 0 Å². The Hall–Kier alpha value is -1.50. The average Bonchev–Trinajstić information content (AvgIpc) is 3.18. The molecule has 1 aliphatic rings. The maximum absolute atomic E-state index is 12.2. The van der Waals surface area contributed by atoms with Crippen LogP contribution in [0.1, 0.15) is 12.5 Å². The van der Waals surface area contributed by atoms with Crippen LogP contribution < -0.4 is 5.73 Å². The predicted octanol–water partition coefficient (Wildman–Crippen LogP) is 2.27. The van der Waals surface area contributed by atoms with Crippen LogP contribution in [-0.4, -0.2) is 42.5 Å². The summed E-state index contributed by atoms with van der Waals surface area (Å²) in [4.78, 5) is 12.2. The molecule has 0 radical (unpaired) electrons. The number of carbonyl (C=O) groups is 1. The molecule has 25 heavy (non-hydrogen) atoms. The second-order valence-corrected chi connectivity index (χ2v) is 7.06. The van der Waals surface area contributed by atoms with Crippen molar-refractivity contribution in [1.29, 1.82) is 0 Å². The lowest BCUT2D eigenvalue weighted by atomic mass is 10.1. The fraction of sp³-hybridized carbons (Fsp3) is 0.471. The Kier molecular flexibility index (Phi) is 6.04. The van der Waals surface area contributed by atoms with Crippen LogP contribution in [0, 0.1) is 0 Å². The highest BCUT2D eigenvalue weighted by molar-refractivity contribution is 7.42. The number of aryl methyl sites for hydroxylation is 1. The van der Waals surface area contributed by atoms with E-state index in [2.05, 4.69) is 0 Å². The third-order valence-corrected chi connectivity index (χ3v) is 5.27. The first-order chi connectivity index (χ1) is 12.1. The van der Waals surface area contributed by atoms with Gasteiger partial charge in [-0.05, 0) is 18.6 Å². The Bertz CT molecular complexity index is 735. The van der Waals surface area contributed by atoms with E-state index in [1.165, 1.54) is 0 Å². The van der Waals surface area contributed by atoms with E-state index in [-0.39, 0.29) is 12.7 Å². The number of hydrogen-bond acceptors (Lipinski definition) is 6. The lowest BCUT2D eigenvalue weighted by Gasteiger charge is -2.13. The lowest BCUT2D eigenvalue weighted by Crippen LogP contribution is -2.36. The normalized spacial score (nSPS) is 21.6. The molecule has 1 aromatic carbocycles. The first-order valence-corrected chi connectivity index (χ1v) is 9.36. The SMILES string of the molecule is CCOP1OCC(COC(=O)[C@H](N)Cc2cn(C)c3ccccc23)O1. The number of nitrogens with two attached hydrogens (primary N) is 1. The zero-order chi connectivity index (χ0) is 17.8. The quantitative estimate of drug-likeness (QED) is 0.598. The molecule has 0 bridgehead atoms. The Morgan fingerprint density at radius 3 is 3.08 bits per heavy atom. The Labute approximate surface area is 148 Å². The minimum Gasteiger partial charge on any atom is -0.462 e. The molecule has 2 N–H and O–H groups in total. The molecule has 1 fully saturated rings. The summed E-state index contributed by atoms with van der Waals surface area (Å²) < 4.78 is 23.4. The van der Waals surface area contributed by atoms with E-state index in [1.807, 2.05) is 49.0 Å². The second-order valence-electron chi connectivity index (χ2n) is 5.89. The average molecular weight is 366 g/mol. The predicted molar refractivity (Wildman–Crippen MR) is 94.9 cm³/mol. The zero-order valence-electron chi connectivity index (χ0n) is 14.4. The van der Waals surface area contributed by atoms with E-state index in [0.29, 0.717) is 19.6 Å². The van der Waals surface area contributed by atoms with Crippen LogP contribution in [0.25, 0.3) is 10.9 Å². The van der Waals surface area contributed by atoms with Gasteiger partial charge in [-0.15, -0.1) is 0 Å². The number of fused-ring (bicyclic) bond motifs is 1. The van der Waals surface area contributed by atoms with Gasteiger partial charge in [0.05, 0.1) is 13.2 Å². The van der Waals surface area contributed by atoms with Gasteiger partial charge in [0, 0.05) is 30.6 Å². The maximum Gasteiger partial charge on any atom is 0.333 e. The molecule has 2 aromatic rings. The van der Waals surface area contributed by atoms with Crippen molar-refractivity contribution < 1.29 is 23.1 Å². The van der Waals surface area contributed by atoms with Crippen molar-refractivity contribution in [3.63, 3.8) is 0 Å². The number of carbonyl (C=O) groups excluding carboxylic acids is 1. The number of nitrogens with zero attached hydrogens (tertiary/aromatic N) is 1. The third-order valence-electron chi connectivity index (χ3n) is 3.97. The largest absolute Gasteiger partial charge is 0.462 e. The molecule has 2 heterocycles. The fourth-order valence-corrected chi connectivity index (χ4v) is 3.83. The minimum atomic E-state index is -1.31. The summed E-state index contributed by atoms with van der Waals surface area (Å²) in [5.41, 5.74) is 8.17. The molecule has 8 heteroatoms. The molecule has 7 nitrogen and oxygen atoms in total. The number of rotatable bonds is 7. The number of hydrogen-bond donors (Lipinski definition) is 1. The van der Waals surface area contributed by atoms with Gasteiger partial charge in [0.1, 0.15) is 18.8 Å². The lowest BCUT2D eigenvalue weighted by molar-refractivity contribution is -0.147. The van der Waals surface area contributed by atoms with Gasteiger partial charge in [-0.25, -0.2) is 0 Å². The van der Waals surface area contributed by atoms with Crippen molar-refractivity contribution >= 4 is 25.5 Å². The van der Waals surface area contributed by atoms with Gasteiger partial charge in [0.15, 0.2) is 0 Å². The summed E-state index contributed by atoms with van der Waals surface area (Å²) in [5, 5.41) is 1.10. The molecular weight excluding hydrogens is 343 g/mol. The summed E-state index contributed by atoms with van der Waals surface area (Å²) >= 11 is 0. The molecule has 0 aliphatic carbocycles. The van der Waals surface area contributed by atoms with Gasteiger partial charge >= 0.3 is 14.6 Å². The monoisotopic (exact) mass is 366 g/mol. The molecule has 0 saturated carbocycles. The van der Waals surface area contributed by atoms with Gasteiger partial charge in [-0.3, -0.25) is 4.79 Å². The molecule has 136 valence electrons. The molecule has 1 aromatic heterocycles. The number of ether oxygens (including phenoxy) is 1. The van der Waals surface area contributed by atoms with Gasteiger partial charge in [0.25, 0.3) is 0 Å². The smallest absolute Gasteiger partial charge is 0.333 e. The Morgan fingerprint density at radius 2 is 2.28 bits per heavy atom. The Morgan fingerprint density at radius 1 is 1.48 bits per heavy atom. The van der Waals surface area contributed by atoms with E-state index < -0.39 is 20.6 Å². The Balaban J connectivity index is 1.52. The summed E-state index contributed by atoms with van der Waals surface area (Å²) in [7, 11) is 0.663. The highest BCUT2D eigenvalue weighted by Gasteiger charge is 2.30. The number of benzene rings is 1. The number of aromatic nitrogens is 1. The van der Waals surface area contributed by atoms with Crippen LogP contribution in [0.2, 0.25) is 0 Å². The summed E-state index contributed by atoms with van der Waals surface area (Å²) in [6.07, 6.45) is 2.13. The topological polar surface area (TPSA) is 84.9 Å². The van der Waals surface area contributed by atoms with E-state index >= 15 is 0 Å². The van der Waals surface area contributed by atoms with Crippen LogP contribution in [0.15, 0.2) is 30.5 Å². The molecule has 0 spiro atoms. The van der Waals surface area contributed by atoms with Crippen LogP contribution in [0.3, 0.4) is 0 Å². The minimum absolute atomic E-state index is 0.119. The summed E-state index contributed by atoms with van der Waals surface area (Å²) in [6, 6.07) is 7.31. The zero-order valence-corrected chi connectivity index (χ0v) is 15.3. The van der Waals surface area contributed by atoms with E-state index in [4.69, 9.17) is 24.0 Å². The van der Waals surface area contributed by atoms with Crippen LogP contribution in [0.4, 0.5) is 0 Å². The van der Waals surface area contributed by atoms with Crippen molar-refractivity contribution in [2.24, 2.45) is 12.8 Å². The highest BCUT2D eigenvalue weighted by atomic mass is 31.2. The highest BCUT2D eigenvalue weighted by Crippen LogP contribution is 2.46. The maximum atomic E-state index is 12.2. The van der Waals surface area contributed by atoms with Crippen molar-refractivity contribution in [2.75, 3.05) is 19.8 Å². The number of esters is 1. The first-order valence-electron chi connectivity index (χ1n) is 8.26. The van der Waals surface area contributed by atoms with E-state index in [9.17, 15) is 4.79 Å². The van der Waals surface area contributed by atoms with E-state index in [1.54, 1.807) is 0 Å². The van der Waals surface area contributed by atoms with Crippen molar-refractivity contribution in [1.82, 2.24) is 4.57 Å². The summed E-state index contributed by atoms with van der Waals surface area (Å²) in [5.74, 6) is -0.441. The first kappa shape index (κ1) is 18.3. The fourth-order valence-electron chi connectivity index (χ4n) is 2.77. The third kappa shape index (κ3) is 4.37. The van der Waals surface area contributed by atoms with Gasteiger partial charge in [-0.2, -0.15) is 0 Å². The van der Waals surface area contributed by atoms with Crippen molar-refractivity contribution in [2.45, 2.75) is 25.5 Å². The molecular formula is C17H23N2O5P.